The highest BCUT2D eigenvalue weighted by Gasteiger charge is 2.26. The first kappa shape index (κ1) is 24.6. The van der Waals surface area contributed by atoms with Crippen LogP contribution < -0.4 is 0 Å². The maximum atomic E-state index is 10.7. The van der Waals surface area contributed by atoms with Gasteiger partial charge in [0.15, 0.2) is 0 Å². The molecule has 8 heteroatoms. The molecule has 2 aromatic rings. The molecule has 0 aliphatic heterocycles. The van der Waals surface area contributed by atoms with E-state index in [4.69, 9.17) is 20.4 Å². The Kier molecular flexibility index (Phi) is 8.95. The fraction of sp³-hybridized carbons (Fsp3) is 0.333. The van der Waals surface area contributed by atoms with Crippen molar-refractivity contribution in [2.24, 2.45) is 0 Å². The van der Waals surface area contributed by atoms with Gasteiger partial charge in [0.05, 0.1) is 22.3 Å². The second-order valence-electron chi connectivity index (χ2n) is 7.54. The van der Waals surface area contributed by atoms with Gasteiger partial charge in [-0.3, -0.25) is 0 Å². The average molecular weight is 442 g/mol. The Morgan fingerprint density at radius 3 is 1.12 bits per heavy atom. The van der Waals surface area contributed by atoms with Gasteiger partial charge >= 0.3 is 23.9 Å². The lowest BCUT2D eigenvalue weighted by Gasteiger charge is -2.22. The van der Waals surface area contributed by atoms with E-state index in [0.717, 1.165) is 6.07 Å². The topological polar surface area (TPSA) is 149 Å². The van der Waals surface area contributed by atoms with E-state index in [1.807, 2.05) is 0 Å². The number of carboxylic acids is 4. The first-order valence-corrected chi connectivity index (χ1v) is 10.4. The third kappa shape index (κ3) is 6.66. The largest absolute Gasteiger partial charge is 0.478 e. The van der Waals surface area contributed by atoms with E-state index in [9.17, 15) is 19.2 Å². The van der Waals surface area contributed by atoms with E-state index < -0.39 is 23.9 Å². The molecule has 170 valence electrons. The van der Waals surface area contributed by atoms with E-state index in [1.165, 1.54) is 68.9 Å². The van der Waals surface area contributed by atoms with Gasteiger partial charge in [0.1, 0.15) is 0 Å². The zero-order valence-corrected chi connectivity index (χ0v) is 17.5. The van der Waals surface area contributed by atoms with Crippen LogP contribution >= 0.6 is 0 Å². The molecule has 32 heavy (non-hydrogen) atoms. The zero-order chi connectivity index (χ0) is 23.7. The van der Waals surface area contributed by atoms with E-state index in [2.05, 4.69) is 0 Å². The number of benzene rings is 2. The van der Waals surface area contributed by atoms with Gasteiger partial charge in [-0.1, -0.05) is 44.6 Å². The van der Waals surface area contributed by atoms with E-state index in [-0.39, 0.29) is 22.3 Å². The molecular weight excluding hydrogens is 416 g/mol. The Labute approximate surface area is 185 Å². The van der Waals surface area contributed by atoms with Crippen molar-refractivity contribution in [3.63, 3.8) is 0 Å². The third-order valence-electron chi connectivity index (χ3n) is 5.37. The summed E-state index contributed by atoms with van der Waals surface area (Å²) in [7, 11) is 0. The number of aromatic carboxylic acids is 4. The summed E-state index contributed by atoms with van der Waals surface area (Å²) in [6.07, 6.45) is 10.3. The maximum absolute atomic E-state index is 10.7. The predicted octanol–water partition coefficient (Wildman–Crippen LogP) is 4.61. The minimum atomic E-state index is -1.13. The molecule has 1 saturated carbocycles. The molecule has 0 atom stereocenters. The van der Waals surface area contributed by atoms with Gasteiger partial charge in [-0.05, 0) is 54.3 Å². The highest BCUT2D eigenvalue weighted by Crippen LogP contribution is 2.30. The van der Waals surface area contributed by atoms with Crippen LogP contribution in [-0.2, 0) is 12.8 Å². The highest BCUT2D eigenvalue weighted by molar-refractivity contribution is 5.96. The van der Waals surface area contributed by atoms with Crippen LogP contribution in [0, 0.1) is 0 Å². The second kappa shape index (κ2) is 11.6. The van der Waals surface area contributed by atoms with Crippen molar-refractivity contribution in [3.8, 4) is 0 Å². The first-order valence-electron chi connectivity index (χ1n) is 10.4. The molecule has 0 heterocycles. The summed E-state index contributed by atoms with van der Waals surface area (Å²) in [6, 6.07) is 7.93. The number of fused-ring (bicyclic) bond motifs is 1. The van der Waals surface area contributed by atoms with Gasteiger partial charge in [0.2, 0.25) is 0 Å². The van der Waals surface area contributed by atoms with Crippen molar-refractivity contribution < 1.29 is 39.6 Å². The summed E-state index contributed by atoms with van der Waals surface area (Å²) < 4.78 is 0. The normalized spacial score (nSPS) is 13.6. The lowest BCUT2D eigenvalue weighted by Crippen LogP contribution is -2.19. The van der Waals surface area contributed by atoms with Crippen LogP contribution in [0.5, 0.6) is 0 Å². The molecule has 8 nitrogen and oxygen atoms in total. The van der Waals surface area contributed by atoms with Gasteiger partial charge in [-0.15, -0.1) is 0 Å². The summed E-state index contributed by atoms with van der Waals surface area (Å²) >= 11 is 0. The Balaban J connectivity index is 0.000000183. The van der Waals surface area contributed by atoms with Gasteiger partial charge in [-0.25, -0.2) is 19.2 Å². The molecule has 0 amide bonds. The van der Waals surface area contributed by atoms with Crippen molar-refractivity contribution in [1.82, 2.24) is 0 Å². The molecule has 0 bridgehead atoms. The Hall–Kier alpha value is -3.68. The molecule has 2 aliphatic rings. The first-order chi connectivity index (χ1) is 15.2. The molecule has 2 aromatic carbocycles. The monoisotopic (exact) mass is 442 g/mol. The van der Waals surface area contributed by atoms with Gasteiger partial charge in [-0.2, -0.15) is 0 Å². The SMILES string of the molecule is C1CCCCC1.O=C(O)c1ccc(C(=O)O)c2c1CC2.O=C(O)c1cccc(C(=O)O)c1. The Bertz CT molecular complexity index is 923. The quantitative estimate of drug-likeness (QED) is 0.536. The van der Waals surface area contributed by atoms with Crippen LogP contribution in [0.3, 0.4) is 0 Å². The van der Waals surface area contributed by atoms with Gasteiger partial charge in [0, 0.05) is 0 Å². The maximum Gasteiger partial charge on any atom is 0.335 e. The van der Waals surface area contributed by atoms with Crippen LogP contribution in [0.4, 0.5) is 0 Å². The van der Waals surface area contributed by atoms with E-state index in [0.29, 0.717) is 24.0 Å². The van der Waals surface area contributed by atoms with E-state index in [1.54, 1.807) is 0 Å². The van der Waals surface area contributed by atoms with Gasteiger partial charge < -0.3 is 20.4 Å². The average Bonchev–Trinajstić information content (AvgIpc) is 2.76. The molecular formula is C24H26O8. The standard InChI is InChI=1S/C10H8O4.C8H6O4.C6H12/c11-9(12)7-3-4-8(10(13)14)6-2-1-5(6)7;9-7(10)5-2-1-3-6(4-5)8(11)12;1-2-4-6-5-3-1/h3-4H,1-2H2,(H,11,12)(H,13,14);1-4H,(H,9,10)(H,11,12);1-6H2. The van der Waals surface area contributed by atoms with Crippen molar-refractivity contribution in [2.75, 3.05) is 0 Å². The van der Waals surface area contributed by atoms with Crippen molar-refractivity contribution in [2.45, 2.75) is 51.4 Å². The molecule has 2 aliphatic carbocycles. The summed E-state index contributed by atoms with van der Waals surface area (Å²) in [6.45, 7) is 0. The van der Waals surface area contributed by atoms with Crippen molar-refractivity contribution in [1.29, 1.82) is 0 Å². The van der Waals surface area contributed by atoms with E-state index >= 15 is 0 Å². The van der Waals surface area contributed by atoms with Crippen LogP contribution in [-0.4, -0.2) is 44.3 Å². The smallest absolute Gasteiger partial charge is 0.335 e. The fourth-order valence-corrected chi connectivity index (χ4v) is 3.58. The molecule has 0 unspecified atom stereocenters. The number of rotatable bonds is 4. The Morgan fingerprint density at radius 2 is 0.875 bits per heavy atom. The number of carboxylic acid groups (broad SMARTS) is 4. The van der Waals surface area contributed by atoms with Crippen LogP contribution in [0.2, 0.25) is 0 Å². The molecule has 4 N–H and O–H groups in total. The Morgan fingerprint density at radius 1 is 0.531 bits per heavy atom. The van der Waals surface area contributed by atoms with Crippen LogP contribution in [0.1, 0.15) is 91.1 Å². The highest BCUT2D eigenvalue weighted by atomic mass is 16.4. The summed E-state index contributed by atoms with van der Waals surface area (Å²) in [4.78, 5) is 42.2. The summed E-state index contributed by atoms with van der Waals surface area (Å²) in [5.41, 5.74) is 1.78. The van der Waals surface area contributed by atoms with Crippen LogP contribution in [0.15, 0.2) is 36.4 Å². The number of hydrogen-bond donors (Lipinski definition) is 4. The minimum absolute atomic E-state index is 0.0186. The summed E-state index contributed by atoms with van der Waals surface area (Å²) in [5.74, 6) is -4.23. The summed E-state index contributed by atoms with van der Waals surface area (Å²) in [5, 5.41) is 34.6. The number of carbonyl (C=O) groups is 4. The molecule has 0 saturated heterocycles. The molecule has 1 fully saturated rings. The second-order valence-corrected chi connectivity index (χ2v) is 7.54. The predicted molar refractivity (Wildman–Crippen MR) is 116 cm³/mol. The number of hydrogen-bond acceptors (Lipinski definition) is 4. The fourth-order valence-electron chi connectivity index (χ4n) is 3.58. The molecule has 4 rings (SSSR count). The van der Waals surface area contributed by atoms with Gasteiger partial charge in [0.25, 0.3) is 0 Å². The lowest BCUT2D eigenvalue weighted by molar-refractivity contribution is 0.0677. The lowest BCUT2D eigenvalue weighted by atomic mass is 9.81. The zero-order valence-electron chi connectivity index (χ0n) is 17.5. The molecule has 0 spiro atoms. The van der Waals surface area contributed by atoms with Crippen molar-refractivity contribution in [3.05, 3.63) is 69.8 Å². The minimum Gasteiger partial charge on any atom is -0.478 e. The third-order valence-corrected chi connectivity index (χ3v) is 5.37. The molecule has 0 radical (unpaired) electrons. The van der Waals surface area contributed by atoms with Crippen molar-refractivity contribution >= 4 is 23.9 Å². The molecule has 0 aromatic heterocycles. The van der Waals surface area contributed by atoms with Crippen LogP contribution in [0.25, 0.3) is 0 Å².